The summed E-state index contributed by atoms with van der Waals surface area (Å²) < 4.78 is 0. The lowest BCUT2D eigenvalue weighted by atomic mass is 9.95. The zero-order valence-electron chi connectivity index (χ0n) is 10.1. The van der Waals surface area contributed by atoms with Gasteiger partial charge in [-0.15, -0.1) is 0 Å². The molecule has 4 unspecified atom stereocenters. The lowest BCUT2D eigenvalue weighted by Gasteiger charge is -2.23. The molecule has 1 rings (SSSR count). The summed E-state index contributed by atoms with van der Waals surface area (Å²) >= 11 is 0. The first kappa shape index (κ1) is 13.5. The third-order valence-electron chi connectivity index (χ3n) is 3.89. The molecule has 1 aliphatic rings. The zero-order chi connectivity index (χ0) is 12.1. The van der Waals surface area contributed by atoms with Gasteiger partial charge in [0.2, 0.25) is 0 Å². The van der Waals surface area contributed by atoms with Gasteiger partial charge in [0, 0.05) is 12.6 Å². The molecule has 0 aliphatic heterocycles. The van der Waals surface area contributed by atoms with E-state index < -0.39 is 5.97 Å². The van der Waals surface area contributed by atoms with Crippen molar-refractivity contribution in [3.63, 3.8) is 0 Å². The average molecular weight is 229 g/mol. The van der Waals surface area contributed by atoms with Gasteiger partial charge in [-0.25, -0.2) is 0 Å². The minimum atomic E-state index is -0.759. The summed E-state index contributed by atoms with van der Waals surface area (Å²) in [6.45, 7) is 4.71. The molecule has 94 valence electrons. The van der Waals surface area contributed by atoms with Crippen LogP contribution in [-0.2, 0) is 4.79 Å². The van der Waals surface area contributed by atoms with Crippen LogP contribution in [0.5, 0.6) is 0 Å². The molecule has 0 heterocycles. The van der Waals surface area contributed by atoms with E-state index >= 15 is 0 Å². The number of hydrogen-bond donors (Lipinski definition) is 3. The molecular formula is C12H23NO3. The van der Waals surface area contributed by atoms with Crippen molar-refractivity contribution >= 4 is 5.97 Å². The Morgan fingerprint density at radius 2 is 2.00 bits per heavy atom. The largest absolute Gasteiger partial charge is 0.481 e. The van der Waals surface area contributed by atoms with Gasteiger partial charge in [-0.1, -0.05) is 13.3 Å². The van der Waals surface area contributed by atoms with Crippen LogP contribution in [0.4, 0.5) is 0 Å². The highest BCUT2D eigenvalue weighted by Crippen LogP contribution is 2.30. The van der Waals surface area contributed by atoms with Crippen LogP contribution in [-0.4, -0.2) is 35.4 Å². The van der Waals surface area contributed by atoms with E-state index in [1.807, 2.05) is 6.92 Å². The van der Waals surface area contributed by atoms with Crippen LogP contribution in [0.15, 0.2) is 0 Å². The maximum absolute atomic E-state index is 10.8. The first-order chi connectivity index (χ1) is 7.56. The van der Waals surface area contributed by atoms with E-state index in [-0.39, 0.29) is 18.6 Å². The van der Waals surface area contributed by atoms with Crippen molar-refractivity contribution in [3.05, 3.63) is 0 Å². The quantitative estimate of drug-likeness (QED) is 0.638. The number of carbonyl (C=O) groups is 1. The molecule has 1 fully saturated rings. The van der Waals surface area contributed by atoms with Crippen molar-refractivity contribution < 1.29 is 15.0 Å². The Kier molecular flexibility index (Phi) is 5.22. The van der Waals surface area contributed by atoms with Gasteiger partial charge in [0.1, 0.15) is 0 Å². The van der Waals surface area contributed by atoms with Gasteiger partial charge >= 0.3 is 5.97 Å². The average Bonchev–Trinajstić information content (AvgIpc) is 2.71. The second-order valence-corrected chi connectivity index (χ2v) is 4.96. The number of rotatable bonds is 6. The van der Waals surface area contributed by atoms with Gasteiger partial charge in [-0.3, -0.25) is 4.79 Å². The van der Waals surface area contributed by atoms with Gasteiger partial charge < -0.3 is 15.5 Å². The van der Waals surface area contributed by atoms with Crippen molar-refractivity contribution in [3.8, 4) is 0 Å². The Hall–Kier alpha value is -0.610. The summed E-state index contributed by atoms with van der Waals surface area (Å²) in [4.78, 5) is 10.8. The van der Waals surface area contributed by atoms with Crippen LogP contribution >= 0.6 is 0 Å². The summed E-state index contributed by atoms with van der Waals surface area (Å²) in [5.74, 6) is -0.215. The van der Waals surface area contributed by atoms with E-state index in [1.165, 1.54) is 6.42 Å². The molecule has 0 aromatic rings. The number of carboxylic acid groups (broad SMARTS) is 1. The van der Waals surface area contributed by atoms with Crippen molar-refractivity contribution in [2.45, 2.75) is 39.2 Å². The van der Waals surface area contributed by atoms with Gasteiger partial charge in [0.05, 0.1) is 5.92 Å². The normalized spacial score (nSPS) is 28.9. The molecule has 3 N–H and O–H groups in total. The summed E-state index contributed by atoms with van der Waals surface area (Å²) in [7, 11) is 0. The first-order valence-electron chi connectivity index (χ1n) is 6.13. The van der Waals surface area contributed by atoms with Crippen molar-refractivity contribution in [1.82, 2.24) is 5.32 Å². The Labute approximate surface area is 97.0 Å². The van der Waals surface area contributed by atoms with E-state index in [0.29, 0.717) is 11.8 Å². The number of aliphatic hydroxyl groups excluding tert-OH is 1. The van der Waals surface area contributed by atoms with Crippen molar-refractivity contribution in [2.24, 2.45) is 17.8 Å². The number of carboxylic acids is 1. The summed E-state index contributed by atoms with van der Waals surface area (Å²) in [5.41, 5.74) is 0. The molecule has 0 aromatic carbocycles. The van der Waals surface area contributed by atoms with Gasteiger partial charge in [0.25, 0.3) is 0 Å². The van der Waals surface area contributed by atoms with E-state index in [9.17, 15) is 9.90 Å². The fraction of sp³-hybridized carbons (Fsp3) is 0.917. The smallest absolute Gasteiger partial charge is 0.307 e. The molecule has 0 amide bonds. The molecule has 0 radical (unpaired) electrons. The summed E-state index contributed by atoms with van der Waals surface area (Å²) in [5, 5.41) is 21.3. The Balaban J connectivity index is 2.31. The van der Waals surface area contributed by atoms with Crippen molar-refractivity contribution in [1.29, 1.82) is 0 Å². The molecule has 0 spiro atoms. The van der Waals surface area contributed by atoms with E-state index in [4.69, 9.17) is 5.11 Å². The molecule has 4 nitrogen and oxygen atoms in total. The minimum absolute atomic E-state index is 0.0163. The first-order valence-corrected chi connectivity index (χ1v) is 6.13. The SMILES string of the molecule is CC(NCC1CCCC1CO)C(C)C(=O)O. The van der Waals surface area contributed by atoms with Crippen LogP contribution in [0.2, 0.25) is 0 Å². The number of aliphatic hydroxyl groups is 1. The van der Waals surface area contributed by atoms with Crippen LogP contribution < -0.4 is 5.32 Å². The molecule has 0 aromatic heterocycles. The maximum atomic E-state index is 10.8. The number of hydrogen-bond acceptors (Lipinski definition) is 3. The molecule has 1 aliphatic carbocycles. The monoisotopic (exact) mass is 229 g/mol. The number of nitrogens with one attached hydrogen (secondary N) is 1. The topological polar surface area (TPSA) is 69.6 Å². The highest BCUT2D eigenvalue weighted by molar-refractivity contribution is 5.70. The molecular weight excluding hydrogens is 206 g/mol. The molecule has 0 saturated heterocycles. The molecule has 0 bridgehead atoms. The lowest BCUT2D eigenvalue weighted by molar-refractivity contribution is -0.141. The van der Waals surface area contributed by atoms with Crippen LogP contribution in [0, 0.1) is 17.8 Å². The Morgan fingerprint density at radius 1 is 1.38 bits per heavy atom. The molecule has 4 heteroatoms. The standard InChI is InChI=1S/C12H23NO3/c1-8(12(15)16)9(2)13-6-10-4-3-5-11(10)7-14/h8-11,13-14H,3-7H2,1-2H3,(H,15,16). The van der Waals surface area contributed by atoms with E-state index in [1.54, 1.807) is 6.92 Å². The van der Waals surface area contributed by atoms with Gasteiger partial charge in [0.15, 0.2) is 0 Å². The number of aliphatic carboxylic acids is 1. The second kappa shape index (κ2) is 6.21. The molecule has 16 heavy (non-hydrogen) atoms. The minimum Gasteiger partial charge on any atom is -0.481 e. The third-order valence-corrected chi connectivity index (χ3v) is 3.89. The van der Waals surface area contributed by atoms with Crippen LogP contribution in [0.3, 0.4) is 0 Å². The van der Waals surface area contributed by atoms with E-state index in [0.717, 1.165) is 19.4 Å². The fourth-order valence-electron chi connectivity index (χ4n) is 2.35. The lowest BCUT2D eigenvalue weighted by Crippen LogP contribution is -2.39. The van der Waals surface area contributed by atoms with Crippen molar-refractivity contribution in [2.75, 3.05) is 13.2 Å². The highest BCUT2D eigenvalue weighted by atomic mass is 16.4. The fourth-order valence-corrected chi connectivity index (χ4v) is 2.35. The molecule has 4 atom stereocenters. The highest BCUT2D eigenvalue weighted by Gasteiger charge is 2.27. The molecule has 1 saturated carbocycles. The Morgan fingerprint density at radius 3 is 2.56 bits per heavy atom. The van der Waals surface area contributed by atoms with Crippen LogP contribution in [0.1, 0.15) is 33.1 Å². The summed E-state index contributed by atoms with van der Waals surface area (Å²) in [6, 6.07) is -0.0163. The predicted molar refractivity (Wildman–Crippen MR) is 62.2 cm³/mol. The van der Waals surface area contributed by atoms with E-state index in [2.05, 4.69) is 5.32 Å². The van der Waals surface area contributed by atoms with Crippen LogP contribution in [0.25, 0.3) is 0 Å². The van der Waals surface area contributed by atoms with Gasteiger partial charge in [-0.2, -0.15) is 0 Å². The Bertz CT molecular complexity index is 232. The predicted octanol–water partition coefficient (Wildman–Crippen LogP) is 1.09. The third kappa shape index (κ3) is 3.46. The maximum Gasteiger partial charge on any atom is 0.307 e. The second-order valence-electron chi connectivity index (χ2n) is 4.96. The van der Waals surface area contributed by atoms with Gasteiger partial charge in [-0.05, 0) is 38.1 Å². The zero-order valence-corrected chi connectivity index (χ0v) is 10.1. The summed E-state index contributed by atoms with van der Waals surface area (Å²) in [6.07, 6.45) is 3.43.